The van der Waals surface area contributed by atoms with Gasteiger partial charge in [-0.1, -0.05) is 24.3 Å². The minimum absolute atomic E-state index is 0.390. The van der Waals surface area contributed by atoms with Crippen molar-refractivity contribution >= 4 is 10.9 Å². The Morgan fingerprint density at radius 2 is 1.74 bits per heavy atom. The van der Waals surface area contributed by atoms with E-state index in [-0.39, 0.29) is 0 Å². The summed E-state index contributed by atoms with van der Waals surface area (Å²) < 4.78 is 5.86. The predicted octanol–water partition coefficient (Wildman–Crippen LogP) is 2.88. The van der Waals surface area contributed by atoms with Crippen LogP contribution in [0.3, 0.4) is 0 Å². The van der Waals surface area contributed by atoms with E-state index in [0.29, 0.717) is 18.2 Å². The highest BCUT2D eigenvalue weighted by atomic mass is 16.5. The summed E-state index contributed by atoms with van der Waals surface area (Å²) in [6, 6.07) is 13.5. The second kappa shape index (κ2) is 5.04. The normalized spacial score (nSPS) is 10.6. The third kappa shape index (κ3) is 2.26. The Kier molecular flexibility index (Phi) is 3.08. The van der Waals surface area contributed by atoms with Crippen LogP contribution >= 0.6 is 0 Å². The van der Waals surface area contributed by atoms with Gasteiger partial charge in [0, 0.05) is 29.9 Å². The highest BCUT2D eigenvalue weighted by Gasteiger charge is 2.08. The molecule has 0 bridgehead atoms. The first kappa shape index (κ1) is 11.6. The highest BCUT2D eigenvalue weighted by Crippen LogP contribution is 2.28. The average molecular weight is 251 g/mol. The fourth-order valence-corrected chi connectivity index (χ4v) is 1.93. The largest absolute Gasteiger partial charge is 0.436 e. The molecule has 0 aliphatic heterocycles. The van der Waals surface area contributed by atoms with Crippen LogP contribution in [-0.4, -0.2) is 9.97 Å². The number of pyridine rings is 2. The molecule has 0 atom stereocenters. The van der Waals surface area contributed by atoms with Crippen LogP contribution in [0, 0.1) is 0 Å². The van der Waals surface area contributed by atoms with E-state index in [2.05, 4.69) is 9.97 Å². The second-order valence-electron chi connectivity index (χ2n) is 4.11. The lowest BCUT2D eigenvalue weighted by Crippen LogP contribution is -2.01. The number of benzene rings is 1. The molecule has 0 saturated heterocycles. The molecule has 0 fully saturated rings. The summed E-state index contributed by atoms with van der Waals surface area (Å²) in [7, 11) is 0. The quantitative estimate of drug-likeness (QED) is 0.777. The molecule has 2 aromatic heterocycles. The molecule has 1 aromatic carbocycles. The molecular formula is C15H13N3O. The Hall–Kier alpha value is -2.46. The van der Waals surface area contributed by atoms with Gasteiger partial charge >= 0.3 is 0 Å². The van der Waals surface area contributed by atoms with Gasteiger partial charge in [-0.25, -0.2) is 4.98 Å². The van der Waals surface area contributed by atoms with Crippen molar-refractivity contribution in [2.24, 2.45) is 5.73 Å². The van der Waals surface area contributed by atoms with Crippen LogP contribution in [0.5, 0.6) is 11.6 Å². The van der Waals surface area contributed by atoms with E-state index in [1.807, 2.05) is 42.5 Å². The number of nitrogens with two attached hydrogens (primary N) is 1. The van der Waals surface area contributed by atoms with Crippen LogP contribution in [0.1, 0.15) is 5.56 Å². The number of ether oxygens (including phenoxy) is 1. The van der Waals surface area contributed by atoms with Crippen LogP contribution in [0.2, 0.25) is 0 Å². The number of nitrogens with zero attached hydrogens (tertiary/aromatic N) is 2. The van der Waals surface area contributed by atoms with Crippen LogP contribution in [0.25, 0.3) is 10.9 Å². The van der Waals surface area contributed by atoms with E-state index in [1.165, 1.54) is 0 Å². The van der Waals surface area contributed by atoms with Gasteiger partial charge in [-0.2, -0.15) is 0 Å². The molecule has 4 nitrogen and oxygen atoms in total. The monoisotopic (exact) mass is 251 g/mol. The van der Waals surface area contributed by atoms with Gasteiger partial charge < -0.3 is 10.5 Å². The first-order chi connectivity index (χ1) is 9.38. The molecule has 0 aliphatic rings. The minimum atomic E-state index is 0.390. The van der Waals surface area contributed by atoms with Crippen molar-refractivity contribution in [3.8, 4) is 11.6 Å². The molecule has 2 heterocycles. The number of hydrogen-bond acceptors (Lipinski definition) is 4. The summed E-state index contributed by atoms with van der Waals surface area (Å²) in [4.78, 5) is 8.57. The van der Waals surface area contributed by atoms with Crippen molar-refractivity contribution in [2.75, 3.05) is 0 Å². The first-order valence-electron chi connectivity index (χ1n) is 6.04. The van der Waals surface area contributed by atoms with Crippen molar-refractivity contribution in [1.82, 2.24) is 9.97 Å². The molecule has 0 spiro atoms. The molecule has 19 heavy (non-hydrogen) atoms. The maximum absolute atomic E-state index is 5.86. The van der Waals surface area contributed by atoms with E-state index in [4.69, 9.17) is 10.5 Å². The number of fused-ring (bicyclic) bond motifs is 1. The van der Waals surface area contributed by atoms with E-state index < -0.39 is 0 Å². The predicted molar refractivity (Wildman–Crippen MR) is 73.9 cm³/mol. The van der Waals surface area contributed by atoms with Crippen LogP contribution in [-0.2, 0) is 6.54 Å². The minimum Gasteiger partial charge on any atom is -0.436 e. The van der Waals surface area contributed by atoms with Crippen LogP contribution in [0.4, 0.5) is 0 Å². The fourth-order valence-electron chi connectivity index (χ4n) is 1.93. The zero-order valence-electron chi connectivity index (χ0n) is 10.3. The van der Waals surface area contributed by atoms with E-state index in [0.717, 1.165) is 16.5 Å². The van der Waals surface area contributed by atoms with Gasteiger partial charge in [0.1, 0.15) is 5.52 Å². The standard InChI is InChI=1S/C15H13N3O/c16-10-12-6-3-9-18-15(12)19-13-7-1-4-11-5-2-8-17-14(11)13/h1-9H,10,16H2. The van der Waals surface area contributed by atoms with Crippen molar-refractivity contribution < 1.29 is 4.74 Å². The molecule has 3 rings (SSSR count). The molecule has 0 aliphatic carbocycles. The molecule has 3 aromatic rings. The third-order valence-corrected chi connectivity index (χ3v) is 2.87. The Morgan fingerprint density at radius 3 is 2.63 bits per heavy atom. The Labute approximate surface area is 110 Å². The van der Waals surface area contributed by atoms with Gasteiger partial charge in [-0.05, 0) is 18.2 Å². The van der Waals surface area contributed by atoms with E-state index in [1.54, 1.807) is 12.4 Å². The second-order valence-corrected chi connectivity index (χ2v) is 4.11. The molecule has 4 heteroatoms. The summed E-state index contributed by atoms with van der Waals surface area (Å²) in [5, 5.41) is 1.03. The maximum Gasteiger partial charge on any atom is 0.223 e. The number of rotatable bonds is 3. The summed E-state index contributed by atoms with van der Waals surface area (Å²) >= 11 is 0. The zero-order valence-corrected chi connectivity index (χ0v) is 10.3. The molecule has 2 N–H and O–H groups in total. The number of para-hydroxylation sites is 1. The van der Waals surface area contributed by atoms with Crippen molar-refractivity contribution in [3.63, 3.8) is 0 Å². The van der Waals surface area contributed by atoms with Gasteiger partial charge in [-0.3, -0.25) is 4.98 Å². The summed E-state index contributed by atoms with van der Waals surface area (Å²) in [5.41, 5.74) is 7.37. The molecule has 94 valence electrons. The van der Waals surface area contributed by atoms with Gasteiger partial charge in [0.25, 0.3) is 0 Å². The molecule has 0 amide bonds. The maximum atomic E-state index is 5.86. The third-order valence-electron chi connectivity index (χ3n) is 2.87. The lowest BCUT2D eigenvalue weighted by atomic mass is 10.2. The summed E-state index contributed by atoms with van der Waals surface area (Å²) in [5.74, 6) is 1.22. The van der Waals surface area contributed by atoms with Crippen molar-refractivity contribution in [3.05, 3.63) is 60.4 Å². The molecule has 0 unspecified atom stereocenters. The van der Waals surface area contributed by atoms with E-state index in [9.17, 15) is 0 Å². The van der Waals surface area contributed by atoms with Crippen LogP contribution < -0.4 is 10.5 Å². The number of hydrogen-bond donors (Lipinski definition) is 1. The molecule has 0 saturated carbocycles. The Bertz CT molecular complexity index is 707. The Balaban J connectivity index is 2.06. The lowest BCUT2D eigenvalue weighted by molar-refractivity contribution is 0.460. The van der Waals surface area contributed by atoms with Gasteiger partial charge in [0.15, 0.2) is 5.75 Å². The smallest absolute Gasteiger partial charge is 0.223 e. The summed E-state index contributed by atoms with van der Waals surface area (Å²) in [6.07, 6.45) is 3.44. The Morgan fingerprint density at radius 1 is 0.947 bits per heavy atom. The van der Waals surface area contributed by atoms with E-state index >= 15 is 0 Å². The highest BCUT2D eigenvalue weighted by molar-refractivity contribution is 5.84. The SMILES string of the molecule is NCc1cccnc1Oc1cccc2cccnc12. The average Bonchev–Trinajstić information content (AvgIpc) is 2.48. The fraction of sp³-hybridized carbons (Fsp3) is 0.0667. The van der Waals surface area contributed by atoms with Crippen molar-refractivity contribution in [2.45, 2.75) is 6.54 Å². The van der Waals surface area contributed by atoms with Gasteiger partial charge in [0.2, 0.25) is 5.88 Å². The van der Waals surface area contributed by atoms with Crippen molar-refractivity contribution in [1.29, 1.82) is 0 Å². The first-order valence-corrected chi connectivity index (χ1v) is 6.04. The zero-order chi connectivity index (χ0) is 13.1. The molecular weight excluding hydrogens is 238 g/mol. The topological polar surface area (TPSA) is 61.0 Å². The van der Waals surface area contributed by atoms with Gasteiger partial charge in [0.05, 0.1) is 0 Å². The van der Waals surface area contributed by atoms with Gasteiger partial charge in [-0.15, -0.1) is 0 Å². The van der Waals surface area contributed by atoms with Crippen LogP contribution in [0.15, 0.2) is 54.9 Å². The lowest BCUT2D eigenvalue weighted by Gasteiger charge is -2.09. The molecule has 0 radical (unpaired) electrons. The number of aromatic nitrogens is 2. The summed E-state index contributed by atoms with van der Waals surface area (Å²) in [6.45, 7) is 0.390.